The Kier molecular flexibility index (Phi) is 5.03. The normalized spacial score (nSPS) is 12.7. The number of pyridine rings is 2. The Balaban J connectivity index is 2.01. The van der Waals surface area contributed by atoms with Gasteiger partial charge >= 0.3 is 0 Å². The van der Waals surface area contributed by atoms with E-state index in [0.717, 1.165) is 27.5 Å². The molecule has 150 valence electrons. The number of benzene rings is 1. The molecular weight excluding hydrogens is 372 g/mol. The van der Waals surface area contributed by atoms with E-state index >= 15 is 0 Å². The fraction of sp³-hybridized carbons (Fsp3) is 0.375. The second-order valence-corrected chi connectivity index (χ2v) is 14.8. The number of rotatable bonds is 5. The maximum atomic E-state index is 4.69. The molecule has 0 fully saturated rings. The SMILES string of the molecule is CC(C)[Si](c1cccc2c(-c3cncc4ccccc34)nnn12)(C(C)C)C(C)C. The largest absolute Gasteiger partial charge is 0.263 e. The van der Waals surface area contributed by atoms with Gasteiger partial charge in [0, 0.05) is 28.7 Å². The molecule has 4 nitrogen and oxygen atoms in total. The van der Waals surface area contributed by atoms with E-state index in [1.54, 1.807) is 0 Å². The standard InChI is InChI=1S/C24H30N4Si/c1-16(2)29(17(3)4,18(5)6)23-13-9-12-22-24(26-27-28(22)23)21-15-25-14-19-10-7-8-11-20(19)21/h7-18H,1-6H3. The molecule has 0 aliphatic carbocycles. The number of nitrogens with zero attached hydrogens (tertiary/aromatic N) is 4. The molecule has 3 heterocycles. The van der Waals surface area contributed by atoms with Crippen LogP contribution in [0, 0.1) is 0 Å². The topological polar surface area (TPSA) is 43.1 Å². The average Bonchev–Trinajstić information content (AvgIpc) is 3.12. The molecule has 4 rings (SSSR count). The molecule has 29 heavy (non-hydrogen) atoms. The van der Waals surface area contributed by atoms with Gasteiger partial charge in [-0.3, -0.25) is 4.98 Å². The van der Waals surface area contributed by atoms with Crippen molar-refractivity contribution in [2.24, 2.45) is 0 Å². The van der Waals surface area contributed by atoms with Crippen molar-refractivity contribution in [1.82, 2.24) is 19.8 Å². The zero-order valence-corrected chi connectivity index (χ0v) is 19.2. The average molecular weight is 403 g/mol. The first kappa shape index (κ1) is 19.8. The molecule has 3 aromatic heterocycles. The van der Waals surface area contributed by atoms with Crippen LogP contribution < -0.4 is 5.32 Å². The van der Waals surface area contributed by atoms with Crippen LogP contribution in [0.3, 0.4) is 0 Å². The number of fused-ring (bicyclic) bond motifs is 2. The summed E-state index contributed by atoms with van der Waals surface area (Å²) in [7, 11) is -1.86. The smallest absolute Gasteiger partial charge is 0.123 e. The Bertz CT molecular complexity index is 1130. The van der Waals surface area contributed by atoms with Crippen molar-refractivity contribution in [1.29, 1.82) is 0 Å². The summed E-state index contributed by atoms with van der Waals surface area (Å²) in [5.41, 5.74) is 4.86. The molecule has 0 unspecified atom stereocenters. The number of hydrogen-bond acceptors (Lipinski definition) is 3. The van der Waals surface area contributed by atoms with Crippen molar-refractivity contribution in [2.75, 3.05) is 0 Å². The summed E-state index contributed by atoms with van der Waals surface area (Å²) < 4.78 is 2.13. The van der Waals surface area contributed by atoms with E-state index in [2.05, 4.69) is 97.8 Å². The third-order valence-electron chi connectivity index (χ3n) is 6.67. The van der Waals surface area contributed by atoms with Crippen LogP contribution in [0.4, 0.5) is 0 Å². The van der Waals surface area contributed by atoms with Gasteiger partial charge in [-0.1, -0.05) is 77.1 Å². The van der Waals surface area contributed by atoms with Gasteiger partial charge < -0.3 is 0 Å². The first-order chi connectivity index (χ1) is 13.9. The maximum absolute atomic E-state index is 4.69. The summed E-state index contributed by atoms with van der Waals surface area (Å²) in [6, 6.07) is 15.0. The van der Waals surface area contributed by atoms with Crippen LogP contribution in [0.2, 0.25) is 16.6 Å². The lowest BCUT2D eigenvalue weighted by Gasteiger charge is -2.43. The maximum Gasteiger partial charge on any atom is 0.123 e. The van der Waals surface area contributed by atoms with Crippen molar-refractivity contribution in [3.05, 3.63) is 54.9 Å². The molecule has 1 aromatic carbocycles. The molecule has 0 saturated heterocycles. The highest BCUT2D eigenvalue weighted by molar-refractivity contribution is 6.94. The first-order valence-electron chi connectivity index (χ1n) is 10.6. The first-order valence-corrected chi connectivity index (χ1v) is 12.8. The summed E-state index contributed by atoms with van der Waals surface area (Å²) in [6.45, 7) is 14.3. The summed E-state index contributed by atoms with van der Waals surface area (Å²) >= 11 is 0. The molecule has 0 aliphatic rings. The van der Waals surface area contributed by atoms with E-state index < -0.39 is 8.07 Å². The van der Waals surface area contributed by atoms with Crippen LogP contribution in [0.25, 0.3) is 27.5 Å². The summed E-state index contributed by atoms with van der Waals surface area (Å²) in [5.74, 6) is 0. The monoisotopic (exact) mass is 402 g/mol. The summed E-state index contributed by atoms with van der Waals surface area (Å²) in [6.07, 6.45) is 3.82. The van der Waals surface area contributed by atoms with Gasteiger partial charge in [0.2, 0.25) is 0 Å². The van der Waals surface area contributed by atoms with Crippen LogP contribution >= 0.6 is 0 Å². The molecule has 0 spiro atoms. The van der Waals surface area contributed by atoms with E-state index in [1.165, 1.54) is 5.32 Å². The van der Waals surface area contributed by atoms with Crippen LogP contribution in [-0.4, -0.2) is 27.9 Å². The van der Waals surface area contributed by atoms with E-state index in [-0.39, 0.29) is 0 Å². The molecular formula is C24H30N4Si. The number of aromatic nitrogens is 4. The van der Waals surface area contributed by atoms with Gasteiger partial charge in [-0.25, -0.2) is 4.52 Å². The summed E-state index contributed by atoms with van der Waals surface area (Å²) in [4.78, 5) is 4.46. The minimum atomic E-state index is -1.86. The van der Waals surface area contributed by atoms with Crippen LogP contribution in [0.1, 0.15) is 41.5 Å². The molecule has 0 amide bonds. The van der Waals surface area contributed by atoms with Gasteiger partial charge in [0.05, 0.1) is 5.52 Å². The fourth-order valence-corrected chi connectivity index (χ4v) is 12.3. The Labute approximate surface area is 174 Å². The highest BCUT2D eigenvalue weighted by Crippen LogP contribution is 2.41. The van der Waals surface area contributed by atoms with Crippen molar-refractivity contribution in [3.8, 4) is 11.3 Å². The molecule has 0 radical (unpaired) electrons. The molecule has 0 saturated carbocycles. The second kappa shape index (κ2) is 7.37. The minimum absolute atomic E-state index is 0.611. The highest BCUT2D eigenvalue weighted by atomic mass is 28.3. The zero-order chi connectivity index (χ0) is 20.8. The fourth-order valence-electron chi connectivity index (χ4n) is 5.63. The molecule has 0 bridgehead atoms. The molecule has 0 aliphatic heterocycles. The van der Waals surface area contributed by atoms with Gasteiger partial charge in [0.15, 0.2) is 0 Å². The van der Waals surface area contributed by atoms with E-state index in [0.29, 0.717) is 16.6 Å². The molecule has 0 atom stereocenters. The lowest BCUT2D eigenvalue weighted by Crippen LogP contribution is -2.58. The van der Waals surface area contributed by atoms with E-state index in [9.17, 15) is 0 Å². The highest BCUT2D eigenvalue weighted by Gasteiger charge is 2.46. The van der Waals surface area contributed by atoms with Crippen LogP contribution in [0.15, 0.2) is 54.9 Å². The summed E-state index contributed by atoms with van der Waals surface area (Å²) in [5, 5.41) is 13.0. The van der Waals surface area contributed by atoms with Crippen molar-refractivity contribution in [2.45, 2.75) is 58.2 Å². The lowest BCUT2D eigenvalue weighted by atomic mass is 10.1. The predicted octanol–water partition coefficient (Wildman–Crippen LogP) is 5.83. The van der Waals surface area contributed by atoms with E-state index in [1.807, 2.05) is 18.5 Å². The van der Waals surface area contributed by atoms with Gasteiger partial charge in [-0.15, -0.1) is 5.10 Å². The third kappa shape index (κ3) is 2.91. The van der Waals surface area contributed by atoms with Gasteiger partial charge in [-0.2, -0.15) is 0 Å². The third-order valence-corrected chi connectivity index (χ3v) is 13.7. The Morgan fingerprint density at radius 3 is 2.17 bits per heavy atom. The van der Waals surface area contributed by atoms with Gasteiger partial charge in [0.25, 0.3) is 0 Å². The quantitative estimate of drug-likeness (QED) is 0.394. The van der Waals surface area contributed by atoms with Gasteiger partial charge in [0.1, 0.15) is 13.8 Å². The van der Waals surface area contributed by atoms with Crippen molar-refractivity contribution < 1.29 is 0 Å². The van der Waals surface area contributed by atoms with Gasteiger partial charge in [-0.05, 0) is 34.1 Å². The minimum Gasteiger partial charge on any atom is -0.263 e. The van der Waals surface area contributed by atoms with Crippen molar-refractivity contribution >= 4 is 29.7 Å². The van der Waals surface area contributed by atoms with Crippen LogP contribution in [0.5, 0.6) is 0 Å². The predicted molar refractivity (Wildman–Crippen MR) is 124 cm³/mol. The lowest BCUT2D eigenvalue weighted by molar-refractivity contribution is 0.807. The van der Waals surface area contributed by atoms with Crippen molar-refractivity contribution in [3.63, 3.8) is 0 Å². The zero-order valence-electron chi connectivity index (χ0n) is 18.2. The molecule has 5 heteroatoms. The number of hydrogen-bond donors (Lipinski definition) is 0. The Morgan fingerprint density at radius 2 is 1.48 bits per heavy atom. The molecule has 0 N–H and O–H groups in total. The Morgan fingerprint density at radius 1 is 0.793 bits per heavy atom. The Hall–Kier alpha value is -2.53. The second-order valence-electron chi connectivity index (χ2n) is 8.95. The van der Waals surface area contributed by atoms with E-state index in [4.69, 9.17) is 0 Å². The molecule has 4 aromatic rings. The van der Waals surface area contributed by atoms with Crippen LogP contribution in [-0.2, 0) is 0 Å².